The molecule has 0 aliphatic heterocycles. The van der Waals surface area contributed by atoms with Crippen molar-refractivity contribution in [1.29, 1.82) is 0 Å². The molecule has 1 aromatic heterocycles. The van der Waals surface area contributed by atoms with Crippen LogP contribution in [0, 0.1) is 5.92 Å². The Bertz CT molecular complexity index is 962. The zero-order valence-electron chi connectivity index (χ0n) is 13.6. The fourth-order valence-electron chi connectivity index (χ4n) is 3.37. The third-order valence-corrected chi connectivity index (χ3v) is 4.87. The summed E-state index contributed by atoms with van der Waals surface area (Å²) < 4.78 is 0. The minimum Gasteiger partial charge on any atom is -0.478 e. The number of pyridine rings is 1. The van der Waals surface area contributed by atoms with Gasteiger partial charge in [-0.05, 0) is 47.1 Å². The van der Waals surface area contributed by atoms with Crippen LogP contribution in [0.2, 0.25) is 0 Å². The number of carboxylic acids is 1. The van der Waals surface area contributed by atoms with E-state index in [9.17, 15) is 9.59 Å². The second-order valence-corrected chi connectivity index (χ2v) is 6.58. The van der Waals surface area contributed by atoms with Gasteiger partial charge in [0.2, 0.25) is 0 Å². The van der Waals surface area contributed by atoms with Gasteiger partial charge >= 0.3 is 5.97 Å². The third-order valence-electron chi connectivity index (χ3n) is 4.87. The second kappa shape index (κ2) is 6.13. The predicted octanol–water partition coefficient (Wildman–Crippen LogP) is 3.85. The van der Waals surface area contributed by atoms with Crippen LogP contribution in [-0.2, 0) is 11.2 Å². The average Bonchev–Trinajstić information content (AvgIpc) is 3.42. The summed E-state index contributed by atoms with van der Waals surface area (Å²) >= 11 is 0. The monoisotopic (exact) mass is 331 g/mol. The molecular weight excluding hydrogens is 314 g/mol. The molecule has 4 rings (SSSR count). The first-order chi connectivity index (χ1) is 12.1. The zero-order chi connectivity index (χ0) is 17.4. The van der Waals surface area contributed by atoms with Gasteiger partial charge in [0.1, 0.15) is 5.78 Å². The number of aromatic carboxylic acids is 1. The van der Waals surface area contributed by atoms with Crippen molar-refractivity contribution in [3.05, 3.63) is 77.6 Å². The number of fused-ring (bicyclic) bond motifs is 1. The maximum atomic E-state index is 12.6. The summed E-state index contributed by atoms with van der Waals surface area (Å²) in [6.07, 6.45) is 4.86. The van der Waals surface area contributed by atoms with Crippen molar-refractivity contribution in [2.45, 2.75) is 18.8 Å². The first-order valence-electron chi connectivity index (χ1n) is 8.30. The molecule has 0 bridgehead atoms. The van der Waals surface area contributed by atoms with Crippen LogP contribution in [-0.4, -0.2) is 21.8 Å². The van der Waals surface area contributed by atoms with Crippen LogP contribution in [0.25, 0.3) is 10.8 Å². The minimum absolute atomic E-state index is 0.0452. The topological polar surface area (TPSA) is 67.3 Å². The molecule has 4 heteroatoms. The van der Waals surface area contributed by atoms with Gasteiger partial charge in [0.15, 0.2) is 0 Å². The first-order valence-corrected chi connectivity index (χ1v) is 8.30. The summed E-state index contributed by atoms with van der Waals surface area (Å²) in [4.78, 5) is 27.6. The van der Waals surface area contributed by atoms with Gasteiger partial charge in [-0.1, -0.05) is 30.3 Å². The minimum atomic E-state index is -0.929. The van der Waals surface area contributed by atoms with Crippen molar-refractivity contribution >= 4 is 22.5 Å². The number of nitrogens with zero attached hydrogens (tertiary/aromatic N) is 1. The highest BCUT2D eigenvalue weighted by Gasteiger charge is 2.43. The fourth-order valence-corrected chi connectivity index (χ4v) is 3.37. The quantitative estimate of drug-likeness (QED) is 0.771. The van der Waals surface area contributed by atoms with Gasteiger partial charge in [-0.3, -0.25) is 9.78 Å². The van der Waals surface area contributed by atoms with E-state index in [0.29, 0.717) is 6.42 Å². The van der Waals surface area contributed by atoms with Gasteiger partial charge in [-0.2, -0.15) is 0 Å². The van der Waals surface area contributed by atoms with Crippen LogP contribution in [0.1, 0.15) is 33.8 Å². The van der Waals surface area contributed by atoms with E-state index in [2.05, 4.69) is 4.98 Å². The van der Waals surface area contributed by atoms with Gasteiger partial charge in [0, 0.05) is 30.1 Å². The SMILES string of the molecule is O=C(O)c1ccc([C@H]2C[C@@H]2C(=O)Cc2ccc3cnccc3c2)cc1. The molecule has 0 radical (unpaired) electrons. The zero-order valence-corrected chi connectivity index (χ0v) is 13.6. The Morgan fingerprint density at radius 2 is 1.84 bits per heavy atom. The summed E-state index contributed by atoms with van der Waals surface area (Å²) in [6.45, 7) is 0. The number of rotatable bonds is 5. The number of benzene rings is 2. The smallest absolute Gasteiger partial charge is 0.335 e. The normalized spacial score (nSPS) is 18.9. The van der Waals surface area contributed by atoms with Gasteiger partial charge in [0.25, 0.3) is 0 Å². The lowest BCUT2D eigenvalue weighted by Gasteiger charge is -2.04. The Balaban J connectivity index is 1.44. The van der Waals surface area contributed by atoms with Gasteiger partial charge in [-0.15, -0.1) is 0 Å². The molecule has 1 aliphatic carbocycles. The number of carboxylic acid groups (broad SMARTS) is 1. The van der Waals surface area contributed by atoms with E-state index < -0.39 is 5.97 Å². The maximum Gasteiger partial charge on any atom is 0.335 e. The molecular formula is C21H17NO3. The molecule has 1 fully saturated rings. The maximum absolute atomic E-state index is 12.6. The highest BCUT2D eigenvalue weighted by molar-refractivity contribution is 5.89. The van der Waals surface area contributed by atoms with E-state index in [1.807, 2.05) is 42.6 Å². The lowest BCUT2D eigenvalue weighted by molar-refractivity contribution is -0.119. The molecule has 1 saturated carbocycles. The van der Waals surface area contributed by atoms with E-state index in [0.717, 1.165) is 28.3 Å². The molecule has 0 spiro atoms. The summed E-state index contributed by atoms with van der Waals surface area (Å²) in [5, 5.41) is 11.1. The number of carbonyl (C=O) groups excluding carboxylic acids is 1. The lowest BCUT2D eigenvalue weighted by atomic mass is 10.0. The molecule has 2 aromatic carbocycles. The van der Waals surface area contributed by atoms with Gasteiger partial charge in [-0.25, -0.2) is 4.79 Å². The molecule has 124 valence electrons. The standard InChI is InChI=1S/C21H17NO3/c23-20(10-13-1-2-17-12-22-8-7-16(17)9-13)19-11-18(19)14-3-5-15(6-4-14)21(24)25/h1-9,12,18-19H,10-11H2,(H,24,25)/t18-,19+/m1/s1. The largest absolute Gasteiger partial charge is 0.478 e. The van der Waals surface area contributed by atoms with Crippen LogP contribution in [0.5, 0.6) is 0 Å². The molecule has 1 N–H and O–H groups in total. The molecule has 2 atom stereocenters. The van der Waals surface area contributed by atoms with E-state index in [1.165, 1.54) is 0 Å². The summed E-state index contributed by atoms with van der Waals surface area (Å²) in [5.41, 5.74) is 2.35. The molecule has 4 nitrogen and oxygen atoms in total. The molecule has 0 unspecified atom stereocenters. The van der Waals surface area contributed by atoms with E-state index in [4.69, 9.17) is 5.11 Å². The lowest BCUT2D eigenvalue weighted by Crippen LogP contribution is -2.06. The van der Waals surface area contributed by atoms with E-state index >= 15 is 0 Å². The number of hydrogen-bond acceptors (Lipinski definition) is 3. The van der Waals surface area contributed by atoms with Crippen molar-refractivity contribution in [2.24, 2.45) is 5.92 Å². The Morgan fingerprint density at radius 3 is 2.60 bits per heavy atom. The fraction of sp³-hybridized carbons (Fsp3) is 0.190. The van der Waals surface area contributed by atoms with Crippen LogP contribution in [0.15, 0.2) is 60.9 Å². The van der Waals surface area contributed by atoms with Crippen molar-refractivity contribution < 1.29 is 14.7 Å². The number of hydrogen-bond donors (Lipinski definition) is 1. The second-order valence-electron chi connectivity index (χ2n) is 6.58. The molecule has 0 saturated heterocycles. The van der Waals surface area contributed by atoms with Crippen molar-refractivity contribution in [3.8, 4) is 0 Å². The highest BCUT2D eigenvalue weighted by Crippen LogP contribution is 2.48. The number of ketones is 1. The Kier molecular flexibility index (Phi) is 3.80. The molecule has 3 aromatic rings. The Morgan fingerprint density at radius 1 is 1.04 bits per heavy atom. The molecule has 0 amide bonds. The first kappa shape index (κ1) is 15.5. The van der Waals surface area contributed by atoms with Gasteiger partial charge in [0.05, 0.1) is 5.56 Å². The van der Waals surface area contributed by atoms with E-state index in [-0.39, 0.29) is 23.2 Å². The predicted molar refractivity (Wildman–Crippen MR) is 94.7 cm³/mol. The molecule has 1 heterocycles. The van der Waals surface area contributed by atoms with Gasteiger partial charge < -0.3 is 5.11 Å². The van der Waals surface area contributed by atoms with Crippen LogP contribution in [0.3, 0.4) is 0 Å². The van der Waals surface area contributed by atoms with Crippen molar-refractivity contribution in [2.75, 3.05) is 0 Å². The summed E-state index contributed by atoms with van der Waals surface area (Å²) in [5.74, 6) is -0.411. The molecule has 25 heavy (non-hydrogen) atoms. The highest BCUT2D eigenvalue weighted by atomic mass is 16.4. The third kappa shape index (κ3) is 3.15. The Labute approximate surface area is 145 Å². The number of carbonyl (C=O) groups is 2. The van der Waals surface area contributed by atoms with Crippen LogP contribution < -0.4 is 0 Å². The molecule has 1 aliphatic rings. The average molecular weight is 331 g/mol. The van der Waals surface area contributed by atoms with Crippen LogP contribution >= 0.6 is 0 Å². The summed E-state index contributed by atoms with van der Waals surface area (Å²) in [7, 11) is 0. The summed E-state index contributed by atoms with van der Waals surface area (Å²) in [6, 6.07) is 14.8. The van der Waals surface area contributed by atoms with Crippen LogP contribution in [0.4, 0.5) is 0 Å². The number of Topliss-reactive ketones (excluding diaryl/α,β-unsaturated/α-hetero) is 1. The number of aromatic nitrogens is 1. The van der Waals surface area contributed by atoms with Crippen molar-refractivity contribution in [3.63, 3.8) is 0 Å². The Hall–Kier alpha value is -3.01. The van der Waals surface area contributed by atoms with Crippen molar-refractivity contribution in [1.82, 2.24) is 4.98 Å². The van der Waals surface area contributed by atoms with E-state index in [1.54, 1.807) is 18.3 Å².